The van der Waals surface area contributed by atoms with Crippen molar-refractivity contribution in [3.8, 4) is 17.2 Å². The number of carbonyl (C=O) groups is 2. The first-order chi connectivity index (χ1) is 18.3. The SMILES string of the molecule is COC(=O)C1(S(=O)(=O)c2ccc(Oc3ccc(OC)cc3)cc2)CCC2(CCN(C(=O)OC(C)(C)C)CC2)C1. The van der Waals surface area contributed by atoms with Crippen LogP contribution in [-0.2, 0) is 24.1 Å². The molecule has 2 aromatic rings. The second-order valence-corrected chi connectivity index (χ2v) is 13.6. The summed E-state index contributed by atoms with van der Waals surface area (Å²) in [5.41, 5.74) is -0.972. The molecule has 2 aliphatic rings. The van der Waals surface area contributed by atoms with Crippen molar-refractivity contribution >= 4 is 21.9 Å². The van der Waals surface area contributed by atoms with Crippen LogP contribution in [0, 0.1) is 5.41 Å². The van der Waals surface area contributed by atoms with Crippen LogP contribution in [0.15, 0.2) is 53.4 Å². The number of piperidine rings is 1. The molecule has 1 saturated carbocycles. The molecule has 1 saturated heterocycles. The fourth-order valence-electron chi connectivity index (χ4n) is 5.56. The van der Waals surface area contributed by atoms with Crippen molar-refractivity contribution in [1.82, 2.24) is 4.90 Å². The van der Waals surface area contributed by atoms with E-state index in [9.17, 15) is 18.0 Å². The van der Waals surface area contributed by atoms with Crippen molar-refractivity contribution in [3.05, 3.63) is 48.5 Å². The van der Waals surface area contributed by atoms with E-state index in [0.29, 0.717) is 49.6 Å². The van der Waals surface area contributed by atoms with Gasteiger partial charge in [0.1, 0.15) is 22.8 Å². The number of methoxy groups -OCH3 is 2. The fourth-order valence-corrected chi connectivity index (χ4v) is 7.67. The molecular formula is C29H37NO8S. The minimum atomic E-state index is -4.09. The van der Waals surface area contributed by atoms with E-state index in [1.807, 2.05) is 20.8 Å². The predicted octanol–water partition coefficient (Wildman–Crippen LogP) is 5.37. The maximum absolute atomic E-state index is 14.0. The Morgan fingerprint density at radius 3 is 1.87 bits per heavy atom. The molecule has 1 aliphatic heterocycles. The summed E-state index contributed by atoms with van der Waals surface area (Å²) in [4.78, 5) is 27.4. The van der Waals surface area contributed by atoms with Gasteiger partial charge in [-0.1, -0.05) is 0 Å². The summed E-state index contributed by atoms with van der Waals surface area (Å²) in [6.07, 6.45) is 1.69. The molecule has 0 bridgehead atoms. The summed E-state index contributed by atoms with van der Waals surface area (Å²) in [7, 11) is -1.29. The molecule has 9 nitrogen and oxygen atoms in total. The van der Waals surface area contributed by atoms with Crippen molar-refractivity contribution in [2.75, 3.05) is 27.3 Å². The largest absolute Gasteiger partial charge is 0.497 e. The third kappa shape index (κ3) is 5.85. The Kier molecular flexibility index (Phi) is 7.89. The number of rotatable bonds is 6. The maximum Gasteiger partial charge on any atom is 0.410 e. The normalized spacial score (nSPS) is 20.9. The van der Waals surface area contributed by atoms with E-state index in [-0.39, 0.29) is 29.2 Å². The molecule has 1 unspecified atom stereocenters. The fraction of sp³-hybridized carbons (Fsp3) is 0.517. The molecule has 4 rings (SSSR count). The lowest BCUT2D eigenvalue weighted by Gasteiger charge is -2.40. The van der Waals surface area contributed by atoms with Gasteiger partial charge in [0, 0.05) is 13.1 Å². The molecule has 2 fully saturated rings. The summed E-state index contributed by atoms with van der Waals surface area (Å²) in [6.45, 7) is 6.36. The zero-order chi connectivity index (χ0) is 28.5. The first-order valence-electron chi connectivity index (χ1n) is 13.1. The van der Waals surface area contributed by atoms with Gasteiger partial charge in [-0.05, 0) is 107 Å². The first kappa shape index (κ1) is 28.7. The monoisotopic (exact) mass is 559 g/mol. The Balaban J connectivity index is 1.51. The lowest BCUT2D eigenvalue weighted by molar-refractivity contribution is -0.144. The molecule has 212 valence electrons. The highest BCUT2D eigenvalue weighted by molar-refractivity contribution is 7.93. The molecule has 2 aromatic carbocycles. The smallest absolute Gasteiger partial charge is 0.410 e. The number of likely N-dealkylation sites (tertiary alicyclic amines) is 1. The van der Waals surface area contributed by atoms with Crippen LogP contribution in [-0.4, -0.2) is 63.0 Å². The quantitative estimate of drug-likeness (QED) is 0.435. The van der Waals surface area contributed by atoms with Gasteiger partial charge in [0.25, 0.3) is 0 Å². The van der Waals surface area contributed by atoms with Crippen LogP contribution >= 0.6 is 0 Å². The van der Waals surface area contributed by atoms with Crippen molar-refractivity contribution in [2.24, 2.45) is 5.41 Å². The lowest BCUT2D eigenvalue weighted by Crippen LogP contribution is -2.48. The molecule has 1 atom stereocenters. The van der Waals surface area contributed by atoms with E-state index >= 15 is 0 Å². The van der Waals surface area contributed by atoms with Gasteiger partial charge in [-0.25, -0.2) is 13.2 Å². The number of carbonyl (C=O) groups excluding carboxylic acids is 2. The number of benzene rings is 2. The summed E-state index contributed by atoms with van der Waals surface area (Å²) in [5.74, 6) is 0.991. The average Bonchev–Trinajstić information content (AvgIpc) is 3.29. The van der Waals surface area contributed by atoms with Gasteiger partial charge in [0.2, 0.25) is 0 Å². The molecule has 1 aliphatic carbocycles. The van der Waals surface area contributed by atoms with Gasteiger partial charge in [-0.3, -0.25) is 4.79 Å². The summed E-state index contributed by atoms with van der Waals surface area (Å²) >= 11 is 0. The number of amides is 1. The van der Waals surface area contributed by atoms with E-state index < -0.39 is 26.2 Å². The van der Waals surface area contributed by atoms with E-state index in [1.165, 1.54) is 19.2 Å². The van der Waals surface area contributed by atoms with Gasteiger partial charge in [-0.15, -0.1) is 0 Å². The van der Waals surface area contributed by atoms with Crippen LogP contribution in [0.2, 0.25) is 0 Å². The number of hydrogen-bond donors (Lipinski definition) is 0. The van der Waals surface area contributed by atoms with Crippen LogP contribution in [0.3, 0.4) is 0 Å². The predicted molar refractivity (Wildman–Crippen MR) is 145 cm³/mol. The summed E-state index contributed by atoms with van der Waals surface area (Å²) < 4.78 is 47.9. The zero-order valence-electron chi connectivity index (χ0n) is 23.2. The van der Waals surface area contributed by atoms with Crippen LogP contribution in [0.5, 0.6) is 17.2 Å². The van der Waals surface area contributed by atoms with E-state index in [4.69, 9.17) is 18.9 Å². The second kappa shape index (κ2) is 10.7. The Labute approximate surface area is 230 Å². The van der Waals surface area contributed by atoms with E-state index in [2.05, 4.69) is 0 Å². The van der Waals surface area contributed by atoms with E-state index in [0.717, 1.165) is 0 Å². The Hall–Kier alpha value is -3.27. The number of ether oxygens (including phenoxy) is 4. The molecule has 1 spiro atoms. The Bertz CT molecular complexity index is 1290. The second-order valence-electron chi connectivity index (χ2n) is 11.4. The van der Waals surface area contributed by atoms with Crippen molar-refractivity contribution in [1.29, 1.82) is 0 Å². The molecule has 0 radical (unpaired) electrons. The van der Waals surface area contributed by atoms with Crippen LogP contribution in [0.1, 0.15) is 52.9 Å². The Morgan fingerprint density at radius 1 is 0.821 bits per heavy atom. The molecule has 1 amide bonds. The van der Waals surface area contributed by atoms with E-state index in [1.54, 1.807) is 48.4 Å². The van der Waals surface area contributed by atoms with Gasteiger partial charge in [0.05, 0.1) is 19.1 Å². The molecule has 10 heteroatoms. The minimum absolute atomic E-state index is 0.0400. The maximum atomic E-state index is 14.0. The van der Waals surface area contributed by atoms with Gasteiger partial charge >= 0.3 is 12.1 Å². The first-order valence-corrected chi connectivity index (χ1v) is 14.5. The third-order valence-corrected chi connectivity index (χ3v) is 10.1. The van der Waals surface area contributed by atoms with Gasteiger partial charge in [-0.2, -0.15) is 0 Å². The average molecular weight is 560 g/mol. The topological polar surface area (TPSA) is 108 Å². The van der Waals surface area contributed by atoms with Crippen molar-refractivity contribution in [3.63, 3.8) is 0 Å². The van der Waals surface area contributed by atoms with Crippen molar-refractivity contribution < 1.29 is 37.0 Å². The third-order valence-electron chi connectivity index (χ3n) is 7.70. The molecule has 0 N–H and O–H groups in total. The summed E-state index contributed by atoms with van der Waals surface area (Å²) in [5, 5.41) is 0. The standard InChI is InChI=1S/C29H37NO8S/c1-27(2,3)38-26(32)30-18-16-28(17-19-30)14-15-29(20-28,25(31)36-5)39(33,34)24-12-10-23(11-13-24)37-22-8-6-21(35-4)7-9-22/h6-13H,14-20H2,1-5H3. The zero-order valence-corrected chi connectivity index (χ0v) is 24.0. The van der Waals surface area contributed by atoms with Gasteiger partial charge in [0.15, 0.2) is 14.6 Å². The number of nitrogens with zero attached hydrogens (tertiary/aromatic N) is 1. The van der Waals surface area contributed by atoms with Gasteiger partial charge < -0.3 is 23.8 Å². The highest BCUT2D eigenvalue weighted by atomic mass is 32.2. The lowest BCUT2D eigenvalue weighted by atomic mass is 9.76. The number of hydrogen-bond acceptors (Lipinski definition) is 8. The van der Waals surface area contributed by atoms with Crippen LogP contribution < -0.4 is 9.47 Å². The van der Waals surface area contributed by atoms with Crippen LogP contribution in [0.25, 0.3) is 0 Å². The Morgan fingerprint density at radius 2 is 1.36 bits per heavy atom. The highest BCUT2D eigenvalue weighted by Gasteiger charge is 2.61. The molecule has 0 aromatic heterocycles. The molecule has 39 heavy (non-hydrogen) atoms. The van der Waals surface area contributed by atoms with Crippen LogP contribution in [0.4, 0.5) is 4.79 Å². The minimum Gasteiger partial charge on any atom is -0.497 e. The molecular weight excluding hydrogens is 522 g/mol. The van der Waals surface area contributed by atoms with Crippen molar-refractivity contribution in [2.45, 2.75) is 68.1 Å². The summed E-state index contributed by atoms with van der Waals surface area (Å²) in [6, 6.07) is 13.1. The molecule has 1 heterocycles. The number of sulfone groups is 1. The number of esters is 1. The highest BCUT2D eigenvalue weighted by Crippen LogP contribution is 2.55.